The Morgan fingerprint density at radius 2 is 1.14 bits per heavy atom. The van der Waals surface area contributed by atoms with Crippen molar-refractivity contribution in [3.63, 3.8) is 0 Å². The van der Waals surface area contributed by atoms with Crippen molar-refractivity contribution >= 4 is 0 Å². The summed E-state index contributed by atoms with van der Waals surface area (Å²) in [5.41, 5.74) is 8.87. The van der Waals surface area contributed by atoms with Gasteiger partial charge in [0.25, 0.3) is 0 Å². The maximum atomic E-state index is 14.3. The van der Waals surface area contributed by atoms with Crippen molar-refractivity contribution in [2.24, 2.45) is 11.8 Å². The lowest BCUT2D eigenvalue weighted by molar-refractivity contribution is 0.505. The van der Waals surface area contributed by atoms with E-state index >= 15 is 0 Å². The molecule has 158 valence electrons. The van der Waals surface area contributed by atoms with Crippen molar-refractivity contribution in [1.29, 1.82) is 0 Å². The zero-order valence-corrected chi connectivity index (χ0v) is 19.7. The highest BCUT2D eigenvalue weighted by atomic mass is 19.1. The number of alkyl halides is 2. The lowest BCUT2D eigenvalue weighted by Gasteiger charge is -2.23. The predicted octanol–water partition coefficient (Wildman–Crippen LogP) is 8.66. The maximum Gasteiger partial charge on any atom is 0.115 e. The Labute approximate surface area is 172 Å². The molecule has 0 rings (SSSR count). The Morgan fingerprint density at radius 3 is 1.43 bits per heavy atom. The van der Waals surface area contributed by atoms with Crippen LogP contribution in [0.5, 0.6) is 0 Å². The highest BCUT2D eigenvalue weighted by Gasteiger charge is 2.19. The predicted molar refractivity (Wildman–Crippen MR) is 122 cm³/mol. The third kappa shape index (κ3) is 6.15. The van der Waals surface area contributed by atoms with Crippen molar-refractivity contribution < 1.29 is 8.78 Å². The zero-order chi connectivity index (χ0) is 22.3. The Morgan fingerprint density at radius 1 is 0.643 bits per heavy atom. The Balaban J connectivity index is 7.10. The summed E-state index contributed by atoms with van der Waals surface area (Å²) in [6, 6.07) is 0. The maximum absolute atomic E-state index is 14.3. The van der Waals surface area contributed by atoms with E-state index < -0.39 is 13.3 Å². The van der Waals surface area contributed by atoms with Crippen LogP contribution >= 0.6 is 0 Å². The van der Waals surface area contributed by atoms with Gasteiger partial charge in [-0.15, -0.1) is 0 Å². The van der Waals surface area contributed by atoms with Crippen LogP contribution in [0.1, 0.15) is 69.2 Å². The summed E-state index contributed by atoms with van der Waals surface area (Å²) in [5.74, 6) is 0.398. The van der Waals surface area contributed by atoms with Crippen molar-refractivity contribution in [3.05, 3.63) is 68.9 Å². The minimum Gasteiger partial charge on any atom is -0.246 e. The van der Waals surface area contributed by atoms with Gasteiger partial charge in [-0.05, 0) is 98.0 Å². The first kappa shape index (κ1) is 26.3. The lowest BCUT2D eigenvalue weighted by atomic mass is 9.83. The van der Waals surface area contributed by atoms with Crippen LogP contribution in [0.4, 0.5) is 8.78 Å². The molecule has 0 atom stereocenters. The fourth-order valence-corrected chi connectivity index (χ4v) is 3.95. The average Bonchev–Trinajstić information content (AvgIpc) is 2.57. The van der Waals surface area contributed by atoms with E-state index in [2.05, 4.69) is 27.0 Å². The Hall–Kier alpha value is -1.70. The molecule has 0 aromatic heterocycles. The molecule has 0 fully saturated rings. The summed E-state index contributed by atoms with van der Waals surface area (Å²) >= 11 is 0. The molecule has 0 aliphatic heterocycles. The average molecular weight is 391 g/mol. The van der Waals surface area contributed by atoms with Gasteiger partial charge in [-0.25, -0.2) is 8.78 Å². The van der Waals surface area contributed by atoms with Crippen LogP contribution < -0.4 is 0 Å². The van der Waals surface area contributed by atoms with Crippen molar-refractivity contribution in [1.82, 2.24) is 0 Å². The number of rotatable bonds is 9. The first-order valence-electron chi connectivity index (χ1n) is 10.1. The van der Waals surface area contributed by atoms with Gasteiger partial charge in [0, 0.05) is 0 Å². The molecule has 0 aliphatic carbocycles. The second-order valence-electron chi connectivity index (χ2n) is 8.43. The largest absolute Gasteiger partial charge is 0.246 e. The molecule has 0 N–H and O–H groups in total. The van der Waals surface area contributed by atoms with Gasteiger partial charge in [0.05, 0.1) is 0 Å². The van der Waals surface area contributed by atoms with Gasteiger partial charge in [-0.2, -0.15) is 0 Å². The van der Waals surface area contributed by atoms with E-state index in [1.54, 1.807) is 0 Å². The van der Waals surface area contributed by atoms with Crippen molar-refractivity contribution in [2.75, 3.05) is 13.3 Å². The van der Waals surface area contributed by atoms with Crippen LogP contribution in [0.15, 0.2) is 68.9 Å². The van der Waals surface area contributed by atoms with Gasteiger partial charge >= 0.3 is 0 Å². The molecule has 0 heterocycles. The Kier molecular flexibility index (Phi) is 10.6. The first-order valence-corrected chi connectivity index (χ1v) is 10.1. The summed E-state index contributed by atoms with van der Waals surface area (Å²) in [7, 11) is 0. The number of allylic oxidation sites excluding steroid dienone is 10. The van der Waals surface area contributed by atoms with Crippen LogP contribution in [0.25, 0.3) is 0 Å². The SMILES string of the molecule is C=C(C)\C(=C(C)/C(C)=C(CF)/C(C(=C)C)=C(C)/C(C)=C(\CF)C(C)C)C(C)C. The quantitative estimate of drug-likeness (QED) is 0.345. The molecule has 0 aliphatic rings. The number of hydrogen-bond acceptors (Lipinski definition) is 0. The highest BCUT2D eigenvalue weighted by molar-refractivity contribution is 5.59. The molecule has 2 heteroatoms. The summed E-state index contributed by atoms with van der Waals surface area (Å²) in [4.78, 5) is 0. The van der Waals surface area contributed by atoms with Crippen LogP contribution in [0, 0.1) is 11.8 Å². The van der Waals surface area contributed by atoms with Crippen LogP contribution in [-0.4, -0.2) is 13.3 Å². The molecule has 28 heavy (non-hydrogen) atoms. The second kappa shape index (κ2) is 11.3. The monoisotopic (exact) mass is 390 g/mol. The van der Waals surface area contributed by atoms with Gasteiger partial charge in [-0.1, -0.05) is 52.0 Å². The molecular formula is C26H40F2. The van der Waals surface area contributed by atoms with Crippen LogP contribution in [0.3, 0.4) is 0 Å². The minimum atomic E-state index is -0.593. The molecule has 0 bridgehead atoms. The number of halogens is 2. The minimum absolute atomic E-state index is 0.0998. The van der Waals surface area contributed by atoms with Crippen molar-refractivity contribution in [3.8, 4) is 0 Å². The first-order chi connectivity index (χ1) is 12.8. The molecule has 0 amide bonds. The van der Waals surface area contributed by atoms with E-state index in [0.29, 0.717) is 11.5 Å². The van der Waals surface area contributed by atoms with E-state index in [1.165, 1.54) is 0 Å². The molecular weight excluding hydrogens is 350 g/mol. The molecule has 0 unspecified atom stereocenters. The van der Waals surface area contributed by atoms with Gasteiger partial charge in [0.2, 0.25) is 0 Å². The van der Waals surface area contributed by atoms with Crippen LogP contribution in [0.2, 0.25) is 0 Å². The second-order valence-corrected chi connectivity index (χ2v) is 8.43. The van der Waals surface area contributed by atoms with Gasteiger partial charge < -0.3 is 0 Å². The molecule has 0 aromatic carbocycles. The zero-order valence-electron chi connectivity index (χ0n) is 19.7. The summed E-state index contributed by atoms with van der Waals surface area (Å²) in [6.45, 7) is 27.1. The third-order valence-electron chi connectivity index (χ3n) is 5.58. The molecule has 0 nitrogen and oxygen atoms in total. The van der Waals surface area contributed by atoms with E-state index in [9.17, 15) is 8.78 Å². The third-order valence-corrected chi connectivity index (χ3v) is 5.58. The normalized spacial score (nSPS) is 15.8. The topological polar surface area (TPSA) is 0 Å². The molecule has 0 aromatic rings. The van der Waals surface area contributed by atoms with Gasteiger partial charge in [0.1, 0.15) is 13.3 Å². The van der Waals surface area contributed by atoms with E-state index in [1.807, 2.05) is 55.4 Å². The summed E-state index contributed by atoms with van der Waals surface area (Å²) in [6.07, 6.45) is 0. The summed E-state index contributed by atoms with van der Waals surface area (Å²) < 4.78 is 28.0. The van der Waals surface area contributed by atoms with Gasteiger partial charge in [-0.3, -0.25) is 0 Å². The van der Waals surface area contributed by atoms with E-state index in [-0.39, 0.29) is 5.92 Å². The molecule has 0 saturated carbocycles. The van der Waals surface area contributed by atoms with Crippen LogP contribution in [-0.2, 0) is 0 Å². The van der Waals surface area contributed by atoms with E-state index in [0.717, 1.165) is 50.2 Å². The smallest absolute Gasteiger partial charge is 0.115 e. The van der Waals surface area contributed by atoms with Gasteiger partial charge in [0.15, 0.2) is 0 Å². The molecule has 0 saturated heterocycles. The lowest BCUT2D eigenvalue weighted by Crippen LogP contribution is -2.08. The Bertz CT molecular complexity index is 734. The summed E-state index contributed by atoms with van der Waals surface area (Å²) in [5, 5.41) is 0. The van der Waals surface area contributed by atoms with E-state index in [4.69, 9.17) is 0 Å². The van der Waals surface area contributed by atoms with Crippen molar-refractivity contribution in [2.45, 2.75) is 69.2 Å². The molecule has 0 radical (unpaired) electrons. The molecule has 0 spiro atoms. The number of hydrogen-bond donors (Lipinski definition) is 0. The highest BCUT2D eigenvalue weighted by Crippen LogP contribution is 2.35. The fourth-order valence-electron chi connectivity index (χ4n) is 3.95. The standard InChI is InChI=1S/C26H40F2/c1-15(2)23(13-27)19(9)22(12)26(18(7)8)24(14-28)20(10)21(11)25(16(3)4)17(5)6/h15,17H,3,7,13-14H2,1-2,4-6,8-12H3/b23-19+,24-20+,25-21+,26-22+. The fraction of sp³-hybridized carbons (Fsp3) is 0.538.